The molecule has 0 aliphatic heterocycles. The van der Waals surface area contributed by atoms with Crippen molar-refractivity contribution < 1.29 is 26.3 Å². The van der Waals surface area contributed by atoms with Crippen LogP contribution in [0.1, 0.15) is 37.7 Å². The van der Waals surface area contributed by atoms with Gasteiger partial charge in [-0.2, -0.15) is 18.2 Å². The molecule has 0 radical (unpaired) electrons. The fourth-order valence-corrected chi connectivity index (χ4v) is 5.96. The maximum atomic E-state index is 14.0. The van der Waals surface area contributed by atoms with E-state index >= 15 is 0 Å². The van der Waals surface area contributed by atoms with Crippen molar-refractivity contribution in [2.45, 2.75) is 38.3 Å². The number of anilines is 1. The van der Waals surface area contributed by atoms with E-state index in [0.717, 1.165) is 6.07 Å². The van der Waals surface area contributed by atoms with Crippen LogP contribution in [-0.4, -0.2) is 36.5 Å². The van der Waals surface area contributed by atoms with Gasteiger partial charge in [0.15, 0.2) is 9.84 Å². The lowest BCUT2D eigenvalue weighted by Crippen LogP contribution is -2.21. The number of hydrogen-bond acceptors (Lipinski definition) is 6. The summed E-state index contributed by atoms with van der Waals surface area (Å²) in [6.45, 7) is 5.32. The van der Waals surface area contributed by atoms with E-state index in [4.69, 9.17) is 22.1 Å². The van der Waals surface area contributed by atoms with Gasteiger partial charge >= 0.3 is 6.18 Å². The van der Waals surface area contributed by atoms with E-state index in [1.807, 2.05) is 0 Å². The number of aromatic amines is 1. The summed E-state index contributed by atoms with van der Waals surface area (Å²) < 4.78 is 73.1. The number of methoxy groups -OCH3 is 1. The lowest BCUT2D eigenvalue weighted by molar-refractivity contribution is -0.137. The van der Waals surface area contributed by atoms with E-state index in [2.05, 4.69) is 15.2 Å². The zero-order chi connectivity index (χ0) is 25.5. The number of rotatable bonds is 6. The van der Waals surface area contributed by atoms with Gasteiger partial charge in [-0.1, -0.05) is 38.4 Å². The molecule has 0 spiro atoms. The quantitative estimate of drug-likeness (QED) is 0.469. The van der Waals surface area contributed by atoms with E-state index in [9.17, 15) is 21.6 Å². The Balaban J connectivity index is 2.13. The lowest BCUT2D eigenvalue weighted by Gasteiger charge is -2.20. The third-order valence-corrected chi connectivity index (χ3v) is 7.34. The van der Waals surface area contributed by atoms with Gasteiger partial charge in [0.05, 0.1) is 18.4 Å². The molecule has 184 valence electrons. The first-order valence-corrected chi connectivity index (χ1v) is 12.1. The number of nitrogens with zero attached hydrogens (tertiary/aromatic N) is 2. The molecule has 3 N–H and O–H groups in total. The molecule has 7 nitrogen and oxygen atoms in total. The van der Waals surface area contributed by atoms with Crippen molar-refractivity contribution in [1.29, 1.82) is 0 Å². The highest BCUT2D eigenvalue weighted by Crippen LogP contribution is 2.44. The zero-order valence-corrected chi connectivity index (χ0v) is 20.5. The summed E-state index contributed by atoms with van der Waals surface area (Å²) in [5.41, 5.74) is 3.97. The van der Waals surface area contributed by atoms with Crippen molar-refractivity contribution in [3.05, 3.63) is 52.3 Å². The number of sulfone groups is 1. The van der Waals surface area contributed by atoms with Crippen LogP contribution in [0.5, 0.6) is 5.75 Å². The third-order valence-electron chi connectivity index (χ3n) is 4.79. The maximum absolute atomic E-state index is 14.0. The predicted molar refractivity (Wildman–Crippen MR) is 124 cm³/mol. The second kappa shape index (κ2) is 9.10. The minimum Gasteiger partial charge on any atom is -0.495 e. The molecule has 0 fully saturated rings. The molecule has 3 aromatic rings. The average Bonchev–Trinajstić information content (AvgIpc) is 3.09. The summed E-state index contributed by atoms with van der Waals surface area (Å²) in [4.78, 5) is 3.80. The van der Waals surface area contributed by atoms with Crippen LogP contribution in [0, 0.1) is 5.41 Å². The van der Waals surface area contributed by atoms with E-state index in [-0.39, 0.29) is 56.3 Å². The summed E-state index contributed by atoms with van der Waals surface area (Å²) in [7, 11) is -2.50. The second-order valence-electron chi connectivity index (χ2n) is 9.00. The number of hydrogen-bond donors (Lipinski definition) is 2. The van der Waals surface area contributed by atoms with Crippen molar-refractivity contribution in [2.24, 2.45) is 5.41 Å². The van der Waals surface area contributed by atoms with Gasteiger partial charge in [-0.05, 0) is 40.8 Å². The van der Waals surface area contributed by atoms with Crippen LogP contribution in [0.2, 0.25) is 5.02 Å². The molecule has 1 aromatic heterocycles. The number of nitrogen functional groups attached to an aromatic ring is 1. The van der Waals surface area contributed by atoms with Crippen LogP contribution >= 0.6 is 11.6 Å². The molecule has 0 saturated heterocycles. The number of benzene rings is 2. The summed E-state index contributed by atoms with van der Waals surface area (Å²) in [6.07, 6.45) is -4.74. The largest absolute Gasteiger partial charge is 0.495 e. The fraction of sp³-hybridized carbons (Fsp3) is 0.364. The van der Waals surface area contributed by atoms with Gasteiger partial charge in [0, 0.05) is 17.0 Å². The highest BCUT2D eigenvalue weighted by atomic mass is 35.5. The Bertz CT molecular complexity index is 1320. The minimum absolute atomic E-state index is 0.000581. The summed E-state index contributed by atoms with van der Waals surface area (Å²) >= 11 is 6.33. The van der Waals surface area contributed by atoms with Gasteiger partial charge < -0.3 is 10.5 Å². The Kier molecular flexibility index (Phi) is 6.92. The molecule has 34 heavy (non-hydrogen) atoms. The van der Waals surface area contributed by atoms with Gasteiger partial charge in [0.25, 0.3) is 0 Å². The van der Waals surface area contributed by atoms with Gasteiger partial charge in [-0.3, -0.25) is 5.10 Å². The molecule has 0 atom stereocenters. The Morgan fingerprint density at radius 3 is 2.35 bits per heavy atom. The van der Waals surface area contributed by atoms with Crippen molar-refractivity contribution in [2.75, 3.05) is 18.6 Å². The molecular weight excluding hydrogens is 493 g/mol. The predicted octanol–water partition coefficient (Wildman–Crippen LogP) is 5.15. The lowest BCUT2D eigenvalue weighted by atomic mass is 9.95. The molecule has 0 bridgehead atoms. The fourth-order valence-electron chi connectivity index (χ4n) is 3.59. The SMILES string of the molecule is COc1cc(-c2c(Cl)cc(Cc3nc(N)n[nH]3)cc2C(F)(F)F)ccc1S(=O)(=O)CC(C)(C)C. The van der Waals surface area contributed by atoms with Crippen LogP contribution in [0.25, 0.3) is 11.1 Å². The van der Waals surface area contributed by atoms with E-state index in [0.29, 0.717) is 0 Å². The first-order valence-electron chi connectivity index (χ1n) is 10.1. The molecule has 2 aromatic carbocycles. The van der Waals surface area contributed by atoms with Crippen molar-refractivity contribution in [3.8, 4) is 16.9 Å². The Hall–Kier alpha value is -2.79. The van der Waals surface area contributed by atoms with Crippen LogP contribution in [-0.2, 0) is 22.4 Å². The average molecular weight is 517 g/mol. The monoisotopic (exact) mass is 516 g/mol. The smallest absolute Gasteiger partial charge is 0.417 e. The second-order valence-corrected chi connectivity index (χ2v) is 11.4. The summed E-state index contributed by atoms with van der Waals surface area (Å²) in [5.74, 6) is 0.0320. The first kappa shape index (κ1) is 25.8. The zero-order valence-electron chi connectivity index (χ0n) is 18.9. The Morgan fingerprint density at radius 1 is 1.15 bits per heavy atom. The normalized spacial score (nSPS) is 12.7. The molecule has 1 heterocycles. The molecule has 0 amide bonds. The molecule has 0 unspecified atom stereocenters. The van der Waals surface area contributed by atoms with Gasteiger partial charge in [-0.25, -0.2) is 8.42 Å². The third kappa shape index (κ3) is 5.82. The van der Waals surface area contributed by atoms with Crippen LogP contribution in [0.3, 0.4) is 0 Å². The standard InChI is InChI=1S/C22H24ClF3N4O3S/c1-21(2,3)11-34(31,32)17-6-5-13(10-16(17)33-4)19-14(22(24,25)26)7-12(8-15(19)23)9-18-28-20(27)30-29-18/h5-8,10H,9,11H2,1-4H3,(H3,27,28,29,30). The van der Waals surface area contributed by atoms with E-state index < -0.39 is 27.0 Å². The van der Waals surface area contributed by atoms with E-state index in [1.54, 1.807) is 20.8 Å². The Labute approximate surface area is 200 Å². The van der Waals surface area contributed by atoms with Gasteiger partial charge in [-0.15, -0.1) is 5.10 Å². The summed E-state index contributed by atoms with van der Waals surface area (Å²) in [5, 5.41) is 6.05. The molecule has 0 saturated carbocycles. The molecule has 3 rings (SSSR count). The highest BCUT2D eigenvalue weighted by Gasteiger charge is 2.36. The van der Waals surface area contributed by atoms with Crippen molar-refractivity contribution in [1.82, 2.24) is 15.2 Å². The number of aromatic nitrogens is 3. The molecular formula is C22H24ClF3N4O3S. The number of halogens is 4. The van der Waals surface area contributed by atoms with E-state index in [1.165, 1.54) is 31.4 Å². The number of nitrogens with one attached hydrogen (secondary N) is 1. The maximum Gasteiger partial charge on any atom is 0.417 e. The molecule has 0 aliphatic rings. The summed E-state index contributed by atoms with van der Waals surface area (Å²) in [6, 6.07) is 6.16. The molecule has 12 heteroatoms. The highest BCUT2D eigenvalue weighted by molar-refractivity contribution is 7.91. The minimum atomic E-state index is -4.74. The van der Waals surface area contributed by atoms with Crippen LogP contribution in [0.15, 0.2) is 35.2 Å². The number of H-pyrrole nitrogens is 1. The number of nitrogens with two attached hydrogens (primary N) is 1. The number of alkyl halides is 3. The number of ether oxygens (including phenoxy) is 1. The van der Waals surface area contributed by atoms with Gasteiger partial charge in [0.1, 0.15) is 16.5 Å². The van der Waals surface area contributed by atoms with Crippen molar-refractivity contribution >= 4 is 27.4 Å². The van der Waals surface area contributed by atoms with Gasteiger partial charge in [0.2, 0.25) is 5.95 Å². The van der Waals surface area contributed by atoms with Crippen molar-refractivity contribution in [3.63, 3.8) is 0 Å². The van der Waals surface area contributed by atoms with Crippen LogP contribution < -0.4 is 10.5 Å². The first-order chi connectivity index (χ1) is 15.6. The Morgan fingerprint density at radius 2 is 1.82 bits per heavy atom. The van der Waals surface area contributed by atoms with Crippen LogP contribution in [0.4, 0.5) is 19.1 Å². The topological polar surface area (TPSA) is 111 Å². The molecule has 0 aliphatic carbocycles.